The molecule has 1 unspecified atom stereocenters. The number of anilines is 2. The molecule has 5 heteroatoms. The normalized spacial score (nSPS) is 12.4. The molecule has 0 bridgehead atoms. The third-order valence-corrected chi connectivity index (χ3v) is 3.57. The van der Waals surface area contributed by atoms with Gasteiger partial charge in [-0.05, 0) is 58.4 Å². The average molecular weight is 344 g/mol. The van der Waals surface area contributed by atoms with Gasteiger partial charge in [-0.2, -0.15) is 0 Å². The smallest absolute Gasteiger partial charge is 0.412 e. The minimum Gasteiger partial charge on any atom is -0.444 e. The van der Waals surface area contributed by atoms with Gasteiger partial charge in [-0.25, -0.2) is 9.18 Å². The van der Waals surface area contributed by atoms with E-state index in [9.17, 15) is 9.18 Å². The molecule has 2 aromatic rings. The third kappa shape index (κ3) is 5.78. The number of amides is 1. The summed E-state index contributed by atoms with van der Waals surface area (Å²) in [4.78, 5) is 12.0. The van der Waals surface area contributed by atoms with Crippen molar-refractivity contribution in [2.75, 3.05) is 10.6 Å². The van der Waals surface area contributed by atoms with E-state index < -0.39 is 11.7 Å². The summed E-state index contributed by atoms with van der Waals surface area (Å²) in [6, 6.07) is 12.2. The quantitative estimate of drug-likeness (QED) is 0.753. The lowest BCUT2D eigenvalue weighted by atomic mass is 10.1. The fourth-order valence-electron chi connectivity index (χ4n) is 2.33. The first kappa shape index (κ1) is 18.8. The van der Waals surface area contributed by atoms with E-state index in [-0.39, 0.29) is 11.9 Å². The summed E-state index contributed by atoms with van der Waals surface area (Å²) in [7, 11) is 0. The van der Waals surface area contributed by atoms with E-state index >= 15 is 0 Å². The molecule has 0 aliphatic heterocycles. The van der Waals surface area contributed by atoms with Crippen molar-refractivity contribution in [3.63, 3.8) is 0 Å². The lowest BCUT2D eigenvalue weighted by molar-refractivity contribution is 0.0636. The molecule has 2 N–H and O–H groups in total. The van der Waals surface area contributed by atoms with Gasteiger partial charge in [0.15, 0.2) is 0 Å². The second-order valence-corrected chi connectivity index (χ2v) is 7.09. The molecule has 1 atom stereocenters. The monoisotopic (exact) mass is 344 g/mol. The van der Waals surface area contributed by atoms with Crippen molar-refractivity contribution >= 4 is 17.5 Å². The number of aryl methyl sites for hydroxylation is 1. The highest BCUT2D eigenvalue weighted by Gasteiger charge is 2.18. The first-order chi connectivity index (χ1) is 11.6. The Morgan fingerprint density at radius 2 is 1.72 bits per heavy atom. The molecule has 0 fully saturated rings. The zero-order valence-corrected chi connectivity index (χ0v) is 15.3. The Hall–Kier alpha value is -2.56. The molecule has 0 heterocycles. The first-order valence-electron chi connectivity index (χ1n) is 8.27. The SMILES string of the molecule is Cc1ccc(C(C)Nc2cc(F)ccc2NC(=O)OC(C)(C)C)cc1. The lowest BCUT2D eigenvalue weighted by Gasteiger charge is -2.22. The van der Waals surface area contributed by atoms with E-state index in [1.807, 2.05) is 38.1 Å². The van der Waals surface area contributed by atoms with E-state index in [1.165, 1.54) is 23.8 Å². The number of nitrogens with one attached hydrogen (secondary N) is 2. The van der Waals surface area contributed by atoms with Crippen LogP contribution >= 0.6 is 0 Å². The molecule has 0 aliphatic rings. The van der Waals surface area contributed by atoms with Crippen LogP contribution in [0.2, 0.25) is 0 Å². The lowest BCUT2D eigenvalue weighted by Crippen LogP contribution is -2.27. The van der Waals surface area contributed by atoms with Crippen molar-refractivity contribution in [2.45, 2.75) is 46.3 Å². The van der Waals surface area contributed by atoms with Crippen molar-refractivity contribution < 1.29 is 13.9 Å². The summed E-state index contributed by atoms with van der Waals surface area (Å²) >= 11 is 0. The predicted octanol–water partition coefficient (Wildman–Crippen LogP) is 5.65. The maximum absolute atomic E-state index is 13.7. The van der Waals surface area contributed by atoms with Crippen LogP contribution in [0, 0.1) is 12.7 Å². The van der Waals surface area contributed by atoms with Crippen LogP contribution in [0.15, 0.2) is 42.5 Å². The Bertz CT molecular complexity index is 736. The highest BCUT2D eigenvalue weighted by Crippen LogP contribution is 2.28. The average Bonchev–Trinajstić information content (AvgIpc) is 2.48. The number of ether oxygens (including phenoxy) is 1. The van der Waals surface area contributed by atoms with Crippen molar-refractivity contribution in [2.24, 2.45) is 0 Å². The molecule has 25 heavy (non-hydrogen) atoms. The summed E-state index contributed by atoms with van der Waals surface area (Å²) in [6.07, 6.45) is -0.579. The number of carbonyl (C=O) groups excluding carboxylic acids is 1. The van der Waals surface area contributed by atoms with Gasteiger partial charge in [-0.3, -0.25) is 5.32 Å². The van der Waals surface area contributed by atoms with Gasteiger partial charge in [0.2, 0.25) is 0 Å². The summed E-state index contributed by atoms with van der Waals surface area (Å²) in [5, 5.41) is 5.91. The molecule has 134 valence electrons. The molecule has 0 saturated heterocycles. The Balaban J connectivity index is 2.17. The van der Waals surface area contributed by atoms with Crippen molar-refractivity contribution in [3.05, 3.63) is 59.4 Å². The molecule has 1 amide bonds. The molecule has 2 rings (SSSR count). The topological polar surface area (TPSA) is 50.4 Å². The van der Waals surface area contributed by atoms with Crippen LogP contribution in [0.4, 0.5) is 20.6 Å². The minimum atomic E-state index is -0.604. The summed E-state index contributed by atoms with van der Waals surface area (Å²) in [6.45, 7) is 9.37. The molecule has 0 aromatic heterocycles. The van der Waals surface area contributed by atoms with E-state index in [4.69, 9.17) is 4.74 Å². The molecule has 4 nitrogen and oxygen atoms in total. The highest BCUT2D eigenvalue weighted by atomic mass is 19.1. The van der Waals surface area contributed by atoms with Gasteiger partial charge in [0, 0.05) is 6.04 Å². The third-order valence-electron chi connectivity index (χ3n) is 3.57. The Labute approximate surface area is 148 Å². The Morgan fingerprint density at radius 1 is 1.08 bits per heavy atom. The second kappa shape index (κ2) is 7.55. The van der Waals surface area contributed by atoms with Crippen LogP contribution in [-0.2, 0) is 4.74 Å². The Kier molecular flexibility index (Phi) is 5.67. The molecule has 0 radical (unpaired) electrons. The van der Waals surface area contributed by atoms with E-state index in [2.05, 4.69) is 10.6 Å². The predicted molar refractivity (Wildman–Crippen MR) is 99.5 cm³/mol. The maximum atomic E-state index is 13.7. The van der Waals surface area contributed by atoms with E-state index in [0.29, 0.717) is 11.4 Å². The van der Waals surface area contributed by atoms with Crippen LogP contribution in [0.1, 0.15) is 44.9 Å². The Morgan fingerprint density at radius 3 is 2.32 bits per heavy atom. The van der Waals surface area contributed by atoms with Crippen molar-refractivity contribution in [3.8, 4) is 0 Å². The molecule has 0 saturated carbocycles. The first-order valence-corrected chi connectivity index (χ1v) is 8.27. The van der Waals surface area contributed by atoms with Crippen molar-refractivity contribution in [1.82, 2.24) is 0 Å². The standard InChI is InChI=1S/C20H25FN2O2/c1-13-6-8-15(9-7-13)14(2)22-18-12-16(21)10-11-17(18)23-19(24)25-20(3,4)5/h6-12,14,22H,1-5H3,(H,23,24). The molecule has 0 aliphatic carbocycles. The number of hydrogen-bond donors (Lipinski definition) is 2. The van der Waals surface area contributed by atoms with Crippen LogP contribution in [0.3, 0.4) is 0 Å². The number of hydrogen-bond acceptors (Lipinski definition) is 3. The highest BCUT2D eigenvalue weighted by molar-refractivity contribution is 5.89. The number of rotatable bonds is 4. The largest absolute Gasteiger partial charge is 0.444 e. The van der Waals surface area contributed by atoms with Gasteiger partial charge in [0.05, 0.1) is 11.4 Å². The number of halogens is 1. The number of carbonyl (C=O) groups is 1. The van der Waals surface area contributed by atoms with Gasteiger partial charge in [0.25, 0.3) is 0 Å². The van der Waals surface area contributed by atoms with Gasteiger partial charge in [0.1, 0.15) is 11.4 Å². The minimum absolute atomic E-state index is 0.0541. The van der Waals surface area contributed by atoms with Crippen LogP contribution in [0.5, 0.6) is 0 Å². The summed E-state index contributed by atoms with van der Waals surface area (Å²) in [5.74, 6) is -0.381. The summed E-state index contributed by atoms with van der Waals surface area (Å²) < 4.78 is 18.9. The maximum Gasteiger partial charge on any atom is 0.412 e. The molecule has 0 spiro atoms. The molecular weight excluding hydrogens is 319 g/mol. The van der Waals surface area contributed by atoms with Crippen molar-refractivity contribution in [1.29, 1.82) is 0 Å². The fourth-order valence-corrected chi connectivity index (χ4v) is 2.33. The number of benzene rings is 2. The van der Waals surface area contributed by atoms with Crippen LogP contribution < -0.4 is 10.6 Å². The fraction of sp³-hybridized carbons (Fsp3) is 0.350. The summed E-state index contributed by atoms with van der Waals surface area (Å²) in [5.41, 5.74) is 2.60. The van der Waals surface area contributed by atoms with Gasteiger partial charge in [-0.15, -0.1) is 0 Å². The van der Waals surface area contributed by atoms with Crippen LogP contribution in [-0.4, -0.2) is 11.7 Å². The van der Waals surface area contributed by atoms with Gasteiger partial charge in [-0.1, -0.05) is 29.8 Å². The molecule has 2 aromatic carbocycles. The van der Waals surface area contributed by atoms with Gasteiger partial charge >= 0.3 is 6.09 Å². The zero-order chi connectivity index (χ0) is 18.6. The van der Waals surface area contributed by atoms with E-state index in [0.717, 1.165) is 5.56 Å². The zero-order valence-electron chi connectivity index (χ0n) is 15.3. The molecular formula is C20H25FN2O2. The van der Waals surface area contributed by atoms with Gasteiger partial charge < -0.3 is 10.1 Å². The van der Waals surface area contributed by atoms with E-state index in [1.54, 1.807) is 20.8 Å². The van der Waals surface area contributed by atoms with Crippen LogP contribution in [0.25, 0.3) is 0 Å². The second-order valence-electron chi connectivity index (χ2n) is 7.09.